The zero-order valence-corrected chi connectivity index (χ0v) is 10.3. The summed E-state index contributed by atoms with van der Waals surface area (Å²) < 4.78 is 5.54. The van der Waals surface area contributed by atoms with E-state index >= 15 is 0 Å². The van der Waals surface area contributed by atoms with Crippen molar-refractivity contribution in [3.63, 3.8) is 0 Å². The molecule has 1 heterocycles. The van der Waals surface area contributed by atoms with Crippen LogP contribution in [-0.4, -0.2) is 17.9 Å². The van der Waals surface area contributed by atoms with Gasteiger partial charge in [0.25, 0.3) is 0 Å². The fraction of sp³-hybridized carbons (Fsp3) is 0.200. The molecule has 18 heavy (non-hydrogen) atoms. The topological polar surface area (TPSA) is 39.2 Å². The molecular weight excluding hydrogens is 226 g/mol. The number of nitrogens with zero attached hydrogens (tertiary/aromatic N) is 1. The normalized spacial score (nSPS) is 10.1. The quantitative estimate of drug-likeness (QED) is 0.753. The molecular formula is C15H15NO2. The third kappa shape index (κ3) is 2.74. The number of aromatic nitrogens is 1. The van der Waals surface area contributed by atoms with Crippen molar-refractivity contribution in [1.29, 1.82) is 0 Å². The Morgan fingerprint density at radius 2 is 2.11 bits per heavy atom. The van der Waals surface area contributed by atoms with Crippen LogP contribution in [0, 0.1) is 0 Å². The van der Waals surface area contributed by atoms with Gasteiger partial charge in [0.1, 0.15) is 5.75 Å². The van der Waals surface area contributed by atoms with Crippen LogP contribution in [0.5, 0.6) is 5.75 Å². The first-order chi connectivity index (χ1) is 8.85. The van der Waals surface area contributed by atoms with Gasteiger partial charge in [-0.1, -0.05) is 31.2 Å². The highest BCUT2D eigenvalue weighted by Gasteiger charge is 2.05. The Bertz CT molecular complexity index is 538. The van der Waals surface area contributed by atoms with Gasteiger partial charge in [-0.2, -0.15) is 0 Å². The summed E-state index contributed by atoms with van der Waals surface area (Å²) >= 11 is 0. The van der Waals surface area contributed by atoms with Crippen LogP contribution in [0.15, 0.2) is 42.7 Å². The molecule has 0 aliphatic heterocycles. The highest BCUT2D eigenvalue weighted by atomic mass is 16.5. The lowest BCUT2D eigenvalue weighted by Gasteiger charge is -2.08. The molecule has 0 radical (unpaired) electrons. The van der Waals surface area contributed by atoms with Gasteiger partial charge < -0.3 is 4.74 Å². The van der Waals surface area contributed by atoms with Gasteiger partial charge in [0.2, 0.25) is 0 Å². The first-order valence-corrected chi connectivity index (χ1v) is 5.97. The Hall–Kier alpha value is -2.16. The van der Waals surface area contributed by atoms with Crippen LogP contribution in [0.2, 0.25) is 0 Å². The third-order valence-corrected chi connectivity index (χ3v) is 2.58. The van der Waals surface area contributed by atoms with E-state index in [1.165, 1.54) is 0 Å². The molecule has 0 fully saturated rings. The van der Waals surface area contributed by atoms with Crippen LogP contribution in [0.3, 0.4) is 0 Å². The monoisotopic (exact) mass is 241 g/mol. The molecule has 0 unspecified atom stereocenters. The van der Waals surface area contributed by atoms with Gasteiger partial charge in [-0.15, -0.1) is 0 Å². The van der Waals surface area contributed by atoms with Crippen LogP contribution >= 0.6 is 0 Å². The van der Waals surface area contributed by atoms with Crippen LogP contribution in [0.4, 0.5) is 0 Å². The van der Waals surface area contributed by atoms with Crippen LogP contribution in [0.1, 0.15) is 23.7 Å². The first kappa shape index (κ1) is 12.3. The summed E-state index contributed by atoms with van der Waals surface area (Å²) in [6.45, 7) is 2.72. The number of hydrogen-bond donors (Lipinski definition) is 0. The van der Waals surface area contributed by atoms with Crippen molar-refractivity contribution in [1.82, 2.24) is 4.98 Å². The van der Waals surface area contributed by atoms with Crippen LogP contribution in [0.25, 0.3) is 11.1 Å². The van der Waals surface area contributed by atoms with Crippen molar-refractivity contribution in [3.8, 4) is 16.9 Å². The lowest BCUT2D eigenvalue weighted by atomic mass is 10.0. The first-order valence-electron chi connectivity index (χ1n) is 5.97. The SMILES string of the molecule is CCCOc1cncc(-c2ccccc2C=O)c1. The molecule has 0 amide bonds. The van der Waals surface area contributed by atoms with Gasteiger partial charge in [0.05, 0.1) is 12.8 Å². The molecule has 0 aliphatic carbocycles. The number of hydrogen-bond acceptors (Lipinski definition) is 3. The highest BCUT2D eigenvalue weighted by molar-refractivity contribution is 5.87. The number of pyridine rings is 1. The summed E-state index contributed by atoms with van der Waals surface area (Å²) in [5.74, 6) is 0.732. The maximum atomic E-state index is 11.0. The molecule has 3 heteroatoms. The summed E-state index contributed by atoms with van der Waals surface area (Å²) in [5.41, 5.74) is 2.43. The van der Waals surface area contributed by atoms with Gasteiger partial charge in [-0.3, -0.25) is 9.78 Å². The minimum atomic E-state index is 0.659. The zero-order chi connectivity index (χ0) is 12.8. The van der Waals surface area contributed by atoms with E-state index < -0.39 is 0 Å². The van der Waals surface area contributed by atoms with E-state index in [0.29, 0.717) is 12.2 Å². The number of aldehydes is 1. The lowest BCUT2D eigenvalue weighted by Crippen LogP contribution is -1.96. The second kappa shape index (κ2) is 5.96. The minimum Gasteiger partial charge on any atom is -0.492 e. The van der Waals surface area contributed by atoms with E-state index in [1.54, 1.807) is 18.5 Å². The van der Waals surface area contributed by atoms with Crippen molar-refractivity contribution in [2.45, 2.75) is 13.3 Å². The van der Waals surface area contributed by atoms with Crippen LogP contribution < -0.4 is 4.74 Å². The second-order valence-electron chi connectivity index (χ2n) is 3.96. The fourth-order valence-electron chi connectivity index (χ4n) is 1.73. The number of benzene rings is 1. The standard InChI is InChI=1S/C15H15NO2/c1-2-7-18-14-8-13(9-16-10-14)15-6-4-3-5-12(15)11-17/h3-6,8-11H,2,7H2,1H3. The fourth-order valence-corrected chi connectivity index (χ4v) is 1.73. The molecule has 0 bridgehead atoms. The number of carbonyl (C=O) groups excluding carboxylic acids is 1. The van der Waals surface area contributed by atoms with Gasteiger partial charge in [-0.05, 0) is 18.1 Å². The Morgan fingerprint density at radius 3 is 2.89 bits per heavy atom. The Kier molecular flexibility index (Phi) is 4.07. The summed E-state index contributed by atoms with van der Waals surface area (Å²) in [6.07, 6.45) is 5.23. The van der Waals surface area contributed by atoms with Crippen molar-refractivity contribution >= 4 is 6.29 Å². The predicted octanol–water partition coefficient (Wildman–Crippen LogP) is 3.35. The molecule has 0 saturated heterocycles. The smallest absolute Gasteiger partial charge is 0.150 e. The molecule has 3 nitrogen and oxygen atoms in total. The Labute approximate surface area is 106 Å². The molecule has 0 spiro atoms. The zero-order valence-electron chi connectivity index (χ0n) is 10.3. The summed E-state index contributed by atoms with van der Waals surface area (Å²) in [5, 5.41) is 0. The minimum absolute atomic E-state index is 0.659. The summed E-state index contributed by atoms with van der Waals surface area (Å²) in [4.78, 5) is 15.2. The largest absolute Gasteiger partial charge is 0.492 e. The van der Waals surface area contributed by atoms with E-state index in [2.05, 4.69) is 11.9 Å². The van der Waals surface area contributed by atoms with Crippen LogP contribution in [-0.2, 0) is 0 Å². The number of carbonyl (C=O) groups is 1. The Morgan fingerprint density at radius 1 is 1.28 bits per heavy atom. The van der Waals surface area contributed by atoms with Crippen molar-refractivity contribution in [3.05, 3.63) is 48.3 Å². The second-order valence-corrected chi connectivity index (χ2v) is 3.96. The van der Waals surface area contributed by atoms with E-state index in [4.69, 9.17) is 4.74 Å². The van der Waals surface area contributed by atoms with Gasteiger partial charge in [0.15, 0.2) is 6.29 Å². The summed E-state index contributed by atoms with van der Waals surface area (Å²) in [7, 11) is 0. The molecule has 0 N–H and O–H groups in total. The van der Waals surface area contributed by atoms with Crippen molar-refractivity contribution in [2.75, 3.05) is 6.61 Å². The molecule has 2 rings (SSSR count). The lowest BCUT2D eigenvalue weighted by molar-refractivity contribution is 0.112. The van der Waals surface area contributed by atoms with E-state index in [1.807, 2.05) is 24.3 Å². The molecule has 0 atom stereocenters. The van der Waals surface area contributed by atoms with E-state index in [0.717, 1.165) is 29.6 Å². The predicted molar refractivity (Wildman–Crippen MR) is 70.8 cm³/mol. The van der Waals surface area contributed by atoms with E-state index in [9.17, 15) is 4.79 Å². The number of ether oxygens (including phenoxy) is 1. The maximum Gasteiger partial charge on any atom is 0.150 e. The average molecular weight is 241 g/mol. The molecule has 1 aromatic carbocycles. The van der Waals surface area contributed by atoms with Crippen molar-refractivity contribution < 1.29 is 9.53 Å². The summed E-state index contributed by atoms with van der Waals surface area (Å²) in [6, 6.07) is 9.36. The van der Waals surface area contributed by atoms with Crippen molar-refractivity contribution in [2.24, 2.45) is 0 Å². The maximum absolute atomic E-state index is 11.0. The average Bonchev–Trinajstić information content (AvgIpc) is 2.45. The van der Waals surface area contributed by atoms with Gasteiger partial charge >= 0.3 is 0 Å². The third-order valence-electron chi connectivity index (χ3n) is 2.58. The van der Waals surface area contributed by atoms with Gasteiger partial charge in [-0.25, -0.2) is 0 Å². The molecule has 2 aromatic rings. The van der Waals surface area contributed by atoms with Gasteiger partial charge in [0, 0.05) is 17.3 Å². The molecule has 92 valence electrons. The molecule has 1 aromatic heterocycles. The highest BCUT2D eigenvalue weighted by Crippen LogP contribution is 2.25. The molecule has 0 aliphatic rings. The number of rotatable bonds is 5. The van der Waals surface area contributed by atoms with E-state index in [-0.39, 0.29) is 0 Å². The Balaban J connectivity index is 2.35. The molecule has 0 saturated carbocycles.